The van der Waals surface area contributed by atoms with Crippen LogP contribution in [0.1, 0.15) is 10.4 Å². The van der Waals surface area contributed by atoms with E-state index in [9.17, 15) is 22.8 Å². The minimum Gasteiger partial charge on any atom is -0.422 e. The molecule has 2 rings (SSSR count). The lowest BCUT2D eigenvalue weighted by molar-refractivity contribution is -0.0886. The molecule has 0 aromatic carbocycles. The Hall–Kier alpha value is -2.11. The molecular weight excluding hydrogens is 237 g/mol. The van der Waals surface area contributed by atoms with Gasteiger partial charge in [0.05, 0.1) is 0 Å². The molecule has 3 nitrogen and oxygen atoms in total. The minimum atomic E-state index is -5.09. The van der Waals surface area contributed by atoms with Crippen LogP contribution in [-0.4, -0.2) is 12.0 Å². The molecule has 0 spiro atoms. The zero-order valence-electron chi connectivity index (χ0n) is 8.25. The number of carbonyl (C=O) groups is 1. The number of hydrogen-bond acceptors (Lipinski definition) is 3. The molecule has 0 atom stereocenters. The number of Topliss-reactive ketones (excluding diaryl/α,β-unsaturated/α-hetero) is 1. The Morgan fingerprint density at radius 2 is 1.76 bits per heavy atom. The first-order valence-electron chi connectivity index (χ1n) is 4.54. The summed E-state index contributed by atoms with van der Waals surface area (Å²) in [5.41, 5.74) is -2.38. The van der Waals surface area contributed by atoms with Gasteiger partial charge in [0.2, 0.25) is 0 Å². The van der Waals surface area contributed by atoms with Gasteiger partial charge in [0.1, 0.15) is 11.3 Å². The molecule has 0 saturated carbocycles. The first-order chi connectivity index (χ1) is 7.91. The molecule has 0 unspecified atom stereocenters. The number of ketones is 1. The fraction of sp³-hybridized carbons (Fsp3) is 0.0909. The summed E-state index contributed by atoms with van der Waals surface area (Å²) in [6.07, 6.45) is -5.09. The van der Waals surface area contributed by atoms with Crippen molar-refractivity contribution in [2.45, 2.75) is 6.18 Å². The van der Waals surface area contributed by atoms with E-state index in [1.165, 1.54) is 24.3 Å². The maximum Gasteiger partial charge on any atom is 0.455 e. The van der Waals surface area contributed by atoms with Crippen LogP contribution < -0.4 is 5.63 Å². The highest BCUT2D eigenvalue weighted by molar-refractivity contribution is 6.05. The molecule has 1 aliphatic heterocycles. The Labute approximate surface area is 92.8 Å². The third kappa shape index (κ3) is 1.93. The third-order valence-corrected chi connectivity index (χ3v) is 2.16. The highest BCUT2D eigenvalue weighted by atomic mass is 19.4. The van der Waals surface area contributed by atoms with Crippen molar-refractivity contribution in [3.8, 4) is 11.3 Å². The Balaban J connectivity index is 2.70. The molecule has 0 aromatic heterocycles. The monoisotopic (exact) mass is 242 g/mol. The summed E-state index contributed by atoms with van der Waals surface area (Å²) in [5, 5.41) is 0. The van der Waals surface area contributed by atoms with Gasteiger partial charge in [-0.2, -0.15) is 13.2 Å². The van der Waals surface area contributed by atoms with E-state index in [4.69, 9.17) is 0 Å². The molecule has 88 valence electrons. The summed E-state index contributed by atoms with van der Waals surface area (Å²) in [6, 6.07) is 7.02. The van der Waals surface area contributed by atoms with Gasteiger partial charge >= 0.3 is 11.8 Å². The molecule has 0 radical (unpaired) electrons. The number of carbonyl (C=O) groups excluding carboxylic acids is 1. The second-order valence-corrected chi connectivity index (χ2v) is 3.28. The lowest BCUT2D eigenvalue weighted by Crippen LogP contribution is -2.26. The average molecular weight is 242 g/mol. The van der Waals surface area contributed by atoms with E-state index in [1.807, 2.05) is 0 Å². The summed E-state index contributed by atoms with van der Waals surface area (Å²) in [4.78, 5) is 22.3. The van der Waals surface area contributed by atoms with Crippen molar-refractivity contribution in [2.75, 3.05) is 0 Å². The van der Waals surface area contributed by atoms with Crippen molar-refractivity contribution >= 4 is 5.78 Å². The summed E-state index contributed by atoms with van der Waals surface area (Å²) in [7, 11) is 0. The van der Waals surface area contributed by atoms with Crippen LogP contribution in [0.4, 0.5) is 13.2 Å². The van der Waals surface area contributed by atoms with E-state index in [2.05, 4.69) is 4.42 Å². The molecule has 2 aliphatic rings. The van der Waals surface area contributed by atoms with Crippen LogP contribution in [-0.2, 0) is 0 Å². The molecule has 6 heteroatoms. The van der Waals surface area contributed by atoms with E-state index in [0.717, 1.165) is 0 Å². The van der Waals surface area contributed by atoms with Gasteiger partial charge in [0.25, 0.3) is 5.78 Å². The maximum atomic E-state index is 12.3. The van der Waals surface area contributed by atoms with Crippen LogP contribution in [0, 0.1) is 0 Å². The van der Waals surface area contributed by atoms with Gasteiger partial charge in [-0.3, -0.25) is 4.79 Å². The Kier molecular flexibility index (Phi) is 2.49. The van der Waals surface area contributed by atoms with Crippen molar-refractivity contribution in [3.63, 3.8) is 0 Å². The standard InChI is InChI=1S/C11H5F3O3/c12-11(13,14)9(15)8-6-4-2-1-3-5-7(6)17-10(8)16/h1-5H. The van der Waals surface area contributed by atoms with Crippen LogP contribution in [0.5, 0.6) is 0 Å². The predicted molar refractivity (Wildman–Crippen MR) is 52.0 cm³/mol. The number of rotatable bonds is 1. The topological polar surface area (TPSA) is 47.3 Å². The maximum absolute atomic E-state index is 12.3. The van der Waals surface area contributed by atoms with Crippen LogP contribution >= 0.6 is 0 Å². The largest absolute Gasteiger partial charge is 0.455 e. The Morgan fingerprint density at radius 3 is 2.41 bits per heavy atom. The number of halogens is 3. The van der Waals surface area contributed by atoms with Gasteiger partial charge in [-0.15, -0.1) is 0 Å². The molecule has 1 heterocycles. The van der Waals surface area contributed by atoms with Crippen LogP contribution in [0.25, 0.3) is 11.3 Å². The SMILES string of the molecule is O=C(c1c2cccccc-2oc1=O)C(F)(F)F. The second kappa shape index (κ2) is 3.73. The lowest BCUT2D eigenvalue weighted by Gasteiger charge is -2.02. The molecule has 0 amide bonds. The minimum absolute atomic E-state index is 0.0485. The first kappa shape index (κ1) is 11.4. The van der Waals surface area contributed by atoms with E-state index in [0.29, 0.717) is 0 Å². The van der Waals surface area contributed by atoms with Gasteiger partial charge in [-0.1, -0.05) is 24.3 Å². The predicted octanol–water partition coefficient (Wildman–Crippen LogP) is 2.49. The summed E-state index contributed by atoms with van der Waals surface area (Å²) < 4.78 is 41.5. The highest BCUT2D eigenvalue weighted by Gasteiger charge is 2.43. The normalized spacial score (nSPS) is 11.7. The number of alkyl halides is 3. The smallest absolute Gasteiger partial charge is 0.422 e. The van der Waals surface area contributed by atoms with Crippen molar-refractivity contribution < 1.29 is 22.4 Å². The van der Waals surface area contributed by atoms with Gasteiger partial charge in [0, 0.05) is 5.56 Å². The fourth-order valence-electron chi connectivity index (χ4n) is 1.44. The van der Waals surface area contributed by atoms with E-state index >= 15 is 0 Å². The molecule has 0 N–H and O–H groups in total. The van der Waals surface area contributed by atoms with E-state index < -0.39 is 23.1 Å². The summed E-state index contributed by atoms with van der Waals surface area (Å²) >= 11 is 0. The molecule has 0 aromatic rings. The van der Waals surface area contributed by atoms with Crippen molar-refractivity contribution in [1.29, 1.82) is 0 Å². The Morgan fingerprint density at radius 1 is 1.12 bits per heavy atom. The van der Waals surface area contributed by atoms with Crippen LogP contribution in [0.3, 0.4) is 0 Å². The summed E-state index contributed by atoms with van der Waals surface area (Å²) in [5.74, 6) is -2.24. The molecule has 0 bridgehead atoms. The van der Waals surface area contributed by atoms with Gasteiger partial charge < -0.3 is 4.42 Å². The summed E-state index contributed by atoms with van der Waals surface area (Å²) in [6.45, 7) is 0. The zero-order valence-corrected chi connectivity index (χ0v) is 8.25. The molecular formula is C11H5F3O3. The number of hydrogen-bond donors (Lipinski definition) is 0. The third-order valence-electron chi connectivity index (χ3n) is 2.16. The molecule has 0 saturated heterocycles. The van der Waals surface area contributed by atoms with Gasteiger partial charge in [-0.05, 0) is 6.07 Å². The molecule has 1 aliphatic carbocycles. The van der Waals surface area contributed by atoms with Crippen molar-refractivity contribution in [1.82, 2.24) is 0 Å². The second-order valence-electron chi connectivity index (χ2n) is 3.28. The first-order valence-corrected chi connectivity index (χ1v) is 4.54. The van der Waals surface area contributed by atoms with E-state index in [-0.39, 0.29) is 11.3 Å². The molecule has 17 heavy (non-hydrogen) atoms. The van der Waals surface area contributed by atoms with Crippen LogP contribution in [0.15, 0.2) is 39.5 Å². The van der Waals surface area contributed by atoms with E-state index in [1.54, 1.807) is 6.07 Å². The number of fused-ring (bicyclic) bond motifs is 1. The Bertz CT molecular complexity index is 598. The average Bonchev–Trinajstić information content (AvgIpc) is 2.40. The quantitative estimate of drug-likeness (QED) is 0.722. The lowest BCUT2D eigenvalue weighted by atomic mass is 10.1. The molecule has 0 fully saturated rings. The van der Waals surface area contributed by atoms with Gasteiger partial charge in [0.15, 0.2) is 0 Å². The zero-order chi connectivity index (χ0) is 12.6. The van der Waals surface area contributed by atoms with Crippen molar-refractivity contribution in [3.05, 3.63) is 46.3 Å². The van der Waals surface area contributed by atoms with Crippen molar-refractivity contribution in [2.24, 2.45) is 0 Å². The van der Waals surface area contributed by atoms with Gasteiger partial charge in [-0.25, -0.2) is 4.79 Å². The van der Waals surface area contributed by atoms with Crippen LogP contribution in [0.2, 0.25) is 0 Å². The number of furan rings is 1. The fourth-order valence-corrected chi connectivity index (χ4v) is 1.44. The highest BCUT2D eigenvalue weighted by Crippen LogP contribution is 2.28.